The SMILES string of the molecule is CS(=O)(=O)CCN1CCCC1c1ccc2c(c1)OCCCO2. The summed E-state index contributed by atoms with van der Waals surface area (Å²) in [5.74, 6) is 1.83. The van der Waals surface area contributed by atoms with Gasteiger partial charge in [-0.1, -0.05) is 6.07 Å². The number of hydrogen-bond acceptors (Lipinski definition) is 5. The zero-order valence-corrected chi connectivity index (χ0v) is 13.8. The molecule has 0 radical (unpaired) electrons. The summed E-state index contributed by atoms with van der Waals surface area (Å²) in [5, 5.41) is 0. The van der Waals surface area contributed by atoms with Crippen LogP contribution in [-0.4, -0.2) is 51.6 Å². The average Bonchev–Trinajstić information content (AvgIpc) is 2.81. The first-order valence-corrected chi connectivity index (χ1v) is 9.90. The van der Waals surface area contributed by atoms with Gasteiger partial charge >= 0.3 is 0 Å². The standard InChI is InChI=1S/C16H23NO4S/c1-22(18,19)11-8-17-7-2-4-14(17)13-5-6-15-16(12-13)21-10-3-9-20-15/h5-6,12,14H,2-4,7-11H2,1H3. The molecule has 0 N–H and O–H groups in total. The van der Waals surface area contributed by atoms with Gasteiger partial charge in [-0.05, 0) is 37.1 Å². The van der Waals surface area contributed by atoms with E-state index >= 15 is 0 Å². The number of hydrogen-bond donors (Lipinski definition) is 0. The summed E-state index contributed by atoms with van der Waals surface area (Å²) in [7, 11) is -2.92. The van der Waals surface area contributed by atoms with Crippen LogP contribution in [0.3, 0.4) is 0 Å². The van der Waals surface area contributed by atoms with Crippen molar-refractivity contribution in [2.45, 2.75) is 25.3 Å². The average molecular weight is 325 g/mol. The molecule has 5 nitrogen and oxygen atoms in total. The van der Waals surface area contributed by atoms with Crippen LogP contribution in [0, 0.1) is 0 Å². The van der Waals surface area contributed by atoms with Gasteiger partial charge in [-0.3, -0.25) is 4.90 Å². The number of rotatable bonds is 4. The van der Waals surface area contributed by atoms with Crippen molar-refractivity contribution in [3.8, 4) is 11.5 Å². The van der Waals surface area contributed by atoms with Crippen molar-refractivity contribution in [3.63, 3.8) is 0 Å². The van der Waals surface area contributed by atoms with Gasteiger partial charge in [0.25, 0.3) is 0 Å². The molecule has 0 saturated carbocycles. The van der Waals surface area contributed by atoms with E-state index in [-0.39, 0.29) is 11.8 Å². The maximum absolute atomic E-state index is 11.4. The van der Waals surface area contributed by atoms with E-state index in [0.29, 0.717) is 19.8 Å². The Balaban J connectivity index is 1.76. The normalized spacial score (nSPS) is 22.5. The van der Waals surface area contributed by atoms with Crippen molar-refractivity contribution in [2.24, 2.45) is 0 Å². The molecule has 1 aromatic rings. The quantitative estimate of drug-likeness (QED) is 0.848. The molecule has 1 fully saturated rings. The summed E-state index contributed by atoms with van der Waals surface area (Å²) < 4.78 is 34.2. The molecule has 2 aliphatic heterocycles. The summed E-state index contributed by atoms with van der Waals surface area (Å²) in [6.07, 6.45) is 4.35. The minimum Gasteiger partial charge on any atom is -0.490 e. The summed E-state index contributed by atoms with van der Waals surface area (Å²) in [6, 6.07) is 6.39. The Morgan fingerprint density at radius 2 is 1.95 bits per heavy atom. The Bertz CT molecular complexity index is 629. The predicted molar refractivity (Wildman–Crippen MR) is 85.3 cm³/mol. The van der Waals surface area contributed by atoms with Gasteiger partial charge in [-0.15, -0.1) is 0 Å². The minimum absolute atomic E-state index is 0.216. The largest absolute Gasteiger partial charge is 0.490 e. The van der Waals surface area contributed by atoms with Crippen LogP contribution in [0.15, 0.2) is 18.2 Å². The Morgan fingerprint density at radius 3 is 2.73 bits per heavy atom. The van der Waals surface area contributed by atoms with Crippen molar-refractivity contribution in [1.82, 2.24) is 4.90 Å². The molecule has 1 atom stereocenters. The molecular weight excluding hydrogens is 302 g/mol. The van der Waals surface area contributed by atoms with Crippen molar-refractivity contribution >= 4 is 9.84 Å². The van der Waals surface area contributed by atoms with E-state index in [1.165, 1.54) is 11.8 Å². The van der Waals surface area contributed by atoms with Gasteiger partial charge in [0, 0.05) is 25.3 Å². The predicted octanol–water partition coefficient (Wildman–Crippen LogP) is 2.03. The van der Waals surface area contributed by atoms with E-state index in [0.717, 1.165) is 37.3 Å². The fourth-order valence-electron chi connectivity index (χ4n) is 3.14. The van der Waals surface area contributed by atoms with Gasteiger partial charge < -0.3 is 9.47 Å². The van der Waals surface area contributed by atoms with Crippen LogP contribution in [0.25, 0.3) is 0 Å². The Morgan fingerprint density at radius 1 is 1.18 bits per heavy atom. The molecule has 1 aromatic carbocycles. The van der Waals surface area contributed by atoms with E-state index in [4.69, 9.17) is 9.47 Å². The van der Waals surface area contributed by atoms with Gasteiger partial charge in [0.2, 0.25) is 0 Å². The maximum atomic E-state index is 11.4. The first-order chi connectivity index (χ1) is 10.5. The number of benzene rings is 1. The van der Waals surface area contributed by atoms with Crippen LogP contribution in [0.2, 0.25) is 0 Å². The number of nitrogens with zero attached hydrogens (tertiary/aromatic N) is 1. The third-order valence-electron chi connectivity index (χ3n) is 4.27. The summed E-state index contributed by atoms with van der Waals surface area (Å²) in [5.41, 5.74) is 1.19. The fraction of sp³-hybridized carbons (Fsp3) is 0.625. The highest BCUT2D eigenvalue weighted by Gasteiger charge is 2.27. The molecule has 2 heterocycles. The highest BCUT2D eigenvalue weighted by Crippen LogP contribution is 2.37. The second-order valence-corrected chi connectivity index (χ2v) is 8.34. The van der Waals surface area contributed by atoms with Gasteiger partial charge in [-0.2, -0.15) is 0 Å². The first kappa shape index (κ1) is 15.6. The lowest BCUT2D eigenvalue weighted by atomic mass is 10.0. The first-order valence-electron chi connectivity index (χ1n) is 7.84. The second-order valence-electron chi connectivity index (χ2n) is 6.08. The number of likely N-dealkylation sites (tertiary alicyclic amines) is 1. The third-order valence-corrected chi connectivity index (χ3v) is 5.19. The molecule has 0 bridgehead atoms. The van der Waals surface area contributed by atoms with Gasteiger partial charge in [-0.25, -0.2) is 8.42 Å². The van der Waals surface area contributed by atoms with Crippen molar-refractivity contribution in [1.29, 1.82) is 0 Å². The number of fused-ring (bicyclic) bond motifs is 1. The molecule has 0 amide bonds. The van der Waals surface area contributed by atoms with Crippen molar-refractivity contribution < 1.29 is 17.9 Å². The zero-order valence-electron chi connectivity index (χ0n) is 13.0. The molecule has 0 aliphatic carbocycles. The molecule has 22 heavy (non-hydrogen) atoms. The Labute approximate surface area is 132 Å². The highest BCUT2D eigenvalue weighted by molar-refractivity contribution is 7.90. The van der Waals surface area contributed by atoms with Gasteiger partial charge in [0.05, 0.1) is 19.0 Å². The van der Waals surface area contributed by atoms with Gasteiger partial charge in [0.15, 0.2) is 11.5 Å². The van der Waals surface area contributed by atoms with E-state index in [1.54, 1.807) is 0 Å². The number of sulfone groups is 1. The fourth-order valence-corrected chi connectivity index (χ4v) is 3.71. The smallest absolute Gasteiger partial charge is 0.161 e. The minimum atomic E-state index is -2.92. The lowest BCUT2D eigenvalue weighted by Crippen LogP contribution is -2.28. The van der Waals surface area contributed by atoms with E-state index in [1.807, 2.05) is 6.07 Å². The molecule has 1 unspecified atom stereocenters. The van der Waals surface area contributed by atoms with E-state index < -0.39 is 9.84 Å². The van der Waals surface area contributed by atoms with Crippen LogP contribution in [0.5, 0.6) is 11.5 Å². The zero-order chi connectivity index (χ0) is 15.6. The monoisotopic (exact) mass is 325 g/mol. The molecular formula is C16H23NO4S. The van der Waals surface area contributed by atoms with Gasteiger partial charge in [0.1, 0.15) is 9.84 Å². The molecule has 0 spiro atoms. The summed E-state index contributed by atoms with van der Waals surface area (Å²) >= 11 is 0. The van der Waals surface area contributed by atoms with Crippen molar-refractivity contribution in [2.75, 3.05) is 38.3 Å². The highest BCUT2D eigenvalue weighted by atomic mass is 32.2. The molecule has 0 aromatic heterocycles. The Kier molecular flexibility index (Phi) is 4.59. The molecule has 2 aliphatic rings. The summed E-state index contributed by atoms with van der Waals surface area (Å²) in [6.45, 7) is 2.92. The lowest BCUT2D eigenvalue weighted by molar-refractivity contribution is 0.271. The van der Waals surface area contributed by atoms with Crippen LogP contribution in [0.4, 0.5) is 0 Å². The molecule has 1 saturated heterocycles. The van der Waals surface area contributed by atoms with Crippen LogP contribution in [-0.2, 0) is 9.84 Å². The molecule has 6 heteroatoms. The number of ether oxygens (including phenoxy) is 2. The van der Waals surface area contributed by atoms with Crippen molar-refractivity contribution in [3.05, 3.63) is 23.8 Å². The lowest BCUT2D eigenvalue weighted by Gasteiger charge is -2.25. The molecule has 3 rings (SSSR count). The topological polar surface area (TPSA) is 55.8 Å². The summed E-state index contributed by atoms with van der Waals surface area (Å²) in [4.78, 5) is 2.26. The Hall–Kier alpha value is -1.27. The van der Waals surface area contributed by atoms with Crippen LogP contribution >= 0.6 is 0 Å². The second kappa shape index (κ2) is 6.46. The van der Waals surface area contributed by atoms with E-state index in [2.05, 4.69) is 17.0 Å². The maximum Gasteiger partial charge on any atom is 0.161 e. The van der Waals surface area contributed by atoms with E-state index in [9.17, 15) is 8.42 Å². The molecule has 122 valence electrons. The third kappa shape index (κ3) is 3.73. The van der Waals surface area contributed by atoms with Crippen LogP contribution in [0.1, 0.15) is 30.9 Å². The van der Waals surface area contributed by atoms with Crippen LogP contribution < -0.4 is 9.47 Å².